The summed E-state index contributed by atoms with van der Waals surface area (Å²) in [5.74, 6) is -0.864. The second kappa shape index (κ2) is 8.82. The fourth-order valence-corrected chi connectivity index (χ4v) is 7.16. The molecule has 0 aromatic heterocycles. The van der Waals surface area contributed by atoms with Gasteiger partial charge >= 0.3 is 0 Å². The van der Waals surface area contributed by atoms with E-state index in [1.165, 1.54) is 0 Å². The van der Waals surface area contributed by atoms with E-state index in [2.05, 4.69) is 41.5 Å². The Kier molecular flexibility index (Phi) is 7.07. The first kappa shape index (κ1) is 26.5. The standard InChI is InChI=1S/C27H48N2O4/c1-23(2,3)19(26(32)13-9-7-10-14-26)29(22(31)25(17-18-25)21(28)30)20(24(4,5)6)27(33)15-11-8-12-16-27/h19-20,32-33H,7-18H2,1-6H3,(H2,28,30). The summed E-state index contributed by atoms with van der Waals surface area (Å²) in [6, 6.07) is -1.05. The van der Waals surface area contributed by atoms with E-state index < -0.39 is 45.4 Å². The third-order valence-corrected chi connectivity index (χ3v) is 8.52. The smallest absolute Gasteiger partial charge is 0.238 e. The Labute approximate surface area is 200 Å². The van der Waals surface area contributed by atoms with Gasteiger partial charge in [0.2, 0.25) is 11.8 Å². The highest BCUT2D eigenvalue weighted by molar-refractivity contribution is 6.07. The molecule has 2 amide bonds. The van der Waals surface area contributed by atoms with Crippen LogP contribution in [0.2, 0.25) is 0 Å². The van der Waals surface area contributed by atoms with Gasteiger partial charge in [-0.1, -0.05) is 80.1 Å². The van der Waals surface area contributed by atoms with Gasteiger partial charge in [0.05, 0.1) is 23.3 Å². The van der Waals surface area contributed by atoms with Crippen LogP contribution in [-0.2, 0) is 9.59 Å². The maximum absolute atomic E-state index is 14.4. The number of hydrogen-bond donors (Lipinski definition) is 3. The molecule has 2 unspecified atom stereocenters. The van der Waals surface area contributed by atoms with Gasteiger partial charge in [0, 0.05) is 0 Å². The molecule has 0 bridgehead atoms. The SMILES string of the molecule is CC(C)(C)C(N(C(=O)C1(C(N)=O)CC1)C(C(C)(C)C)C1(O)CCCCC1)C1(O)CCCCC1. The molecule has 0 aliphatic heterocycles. The molecule has 3 aliphatic rings. The average molecular weight is 465 g/mol. The predicted molar refractivity (Wildman–Crippen MR) is 130 cm³/mol. The quantitative estimate of drug-likeness (QED) is 0.510. The molecular formula is C27H48N2O4. The molecule has 4 N–H and O–H groups in total. The number of primary amides is 1. The van der Waals surface area contributed by atoms with Crippen molar-refractivity contribution < 1.29 is 19.8 Å². The molecule has 3 aliphatic carbocycles. The Morgan fingerprint density at radius 2 is 1.03 bits per heavy atom. The van der Waals surface area contributed by atoms with Gasteiger partial charge in [-0.05, 0) is 49.4 Å². The van der Waals surface area contributed by atoms with Gasteiger partial charge in [-0.15, -0.1) is 0 Å². The zero-order valence-corrected chi connectivity index (χ0v) is 21.9. The summed E-state index contributed by atoms with van der Waals surface area (Å²) < 4.78 is 0. The molecule has 0 aromatic carbocycles. The second-order valence-electron chi connectivity index (χ2n) is 13.5. The van der Waals surface area contributed by atoms with E-state index in [1.807, 2.05) is 4.90 Å². The fourth-order valence-electron chi connectivity index (χ4n) is 7.16. The third kappa shape index (κ3) is 4.98. The van der Waals surface area contributed by atoms with E-state index in [1.54, 1.807) is 0 Å². The van der Waals surface area contributed by atoms with Crippen LogP contribution in [-0.4, -0.2) is 50.2 Å². The minimum atomic E-state index is -1.21. The molecule has 6 heteroatoms. The number of amides is 2. The summed E-state index contributed by atoms with van der Waals surface area (Å²) >= 11 is 0. The molecule has 3 saturated carbocycles. The van der Waals surface area contributed by atoms with E-state index in [0.29, 0.717) is 38.5 Å². The molecule has 0 saturated heterocycles. The molecular weight excluding hydrogens is 416 g/mol. The minimum absolute atomic E-state index is 0.284. The molecule has 2 atom stereocenters. The molecule has 3 rings (SSSR count). The van der Waals surface area contributed by atoms with Crippen molar-refractivity contribution in [2.45, 2.75) is 142 Å². The summed E-state index contributed by atoms with van der Waals surface area (Å²) in [5.41, 5.74) is 1.57. The van der Waals surface area contributed by atoms with E-state index in [0.717, 1.165) is 38.5 Å². The van der Waals surface area contributed by atoms with Crippen LogP contribution in [0.1, 0.15) is 119 Å². The lowest BCUT2D eigenvalue weighted by Gasteiger charge is -2.59. The number of rotatable bonds is 6. The Balaban J connectivity index is 2.23. The van der Waals surface area contributed by atoms with E-state index in [9.17, 15) is 19.8 Å². The van der Waals surface area contributed by atoms with Gasteiger partial charge in [-0.2, -0.15) is 0 Å². The lowest BCUT2D eigenvalue weighted by molar-refractivity contribution is -0.195. The van der Waals surface area contributed by atoms with Gasteiger partial charge in [0.15, 0.2) is 0 Å². The van der Waals surface area contributed by atoms with Gasteiger partial charge in [0.25, 0.3) is 0 Å². The van der Waals surface area contributed by atoms with E-state index in [-0.39, 0.29) is 5.91 Å². The Morgan fingerprint density at radius 3 is 1.27 bits per heavy atom. The molecule has 0 heterocycles. The van der Waals surface area contributed by atoms with Crippen molar-refractivity contribution in [3.05, 3.63) is 0 Å². The molecule has 0 radical (unpaired) electrons. The van der Waals surface area contributed by atoms with Crippen LogP contribution in [0.5, 0.6) is 0 Å². The zero-order valence-electron chi connectivity index (χ0n) is 21.9. The summed E-state index contributed by atoms with van der Waals surface area (Å²) in [5, 5.41) is 24.2. The Bertz CT molecular complexity index is 690. The average Bonchev–Trinajstić information content (AvgIpc) is 3.47. The number of carbonyl (C=O) groups excluding carboxylic acids is 2. The number of hydrogen-bond acceptors (Lipinski definition) is 4. The summed E-state index contributed by atoms with van der Waals surface area (Å²) in [7, 11) is 0. The van der Waals surface area contributed by atoms with Crippen molar-refractivity contribution in [3.8, 4) is 0 Å². The number of nitrogens with zero attached hydrogens (tertiary/aromatic N) is 1. The van der Waals surface area contributed by atoms with Crippen LogP contribution in [0.3, 0.4) is 0 Å². The minimum Gasteiger partial charge on any atom is -0.388 e. The van der Waals surface area contributed by atoms with Gasteiger partial charge < -0.3 is 20.8 Å². The van der Waals surface area contributed by atoms with Crippen molar-refractivity contribution >= 4 is 11.8 Å². The first-order chi connectivity index (χ1) is 15.1. The van der Waals surface area contributed by atoms with Crippen molar-refractivity contribution in [1.82, 2.24) is 4.90 Å². The van der Waals surface area contributed by atoms with Gasteiger partial charge in [-0.3, -0.25) is 9.59 Å². The van der Waals surface area contributed by atoms with Crippen LogP contribution in [0.4, 0.5) is 0 Å². The van der Waals surface area contributed by atoms with Crippen molar-refractivity contribution in [1.29, 1.82) is 0 Å². The largest absolute Gasteiger partial charge is 0.388 e. The highest BCUT2D eigenvalue weighted by Crippen LogP contribution is 2.54. The molecule has 190 valence electrons. The maximum atomic E-state index is 14.4. The van der Waals surface area contributed by atoms with E-state index >= 15 is 0 Å². The van der Waals surface area contributed by atoms with Crippen LogP contribution < -0.4 is 5.73 Å². The molecule has 6 nitrogen and oxygen atoms in total. The Morgan fingerprint density at radius 1 is 0.697 bits per heavy atom. The van der Waals surface area contributed by atoms with Crippen molar-refractivity contribution in [2.24, 2.45) is 22.0 Å². The van der Waals surface area contributed by atoms with Crippen LogP contribution in [0.15, 0.2) is 0 Å². The van der Waals surface area contributed by atoms with Crippen LogP contribution in [0, 0.1) is 16.2 Å². The molecule has 0 spiro atoms. The lowest BCUT2D eigenvalue weighted by atomic mass is 9.64. The van der Waals surface area contributed by atoms with Crippen molar-refractivity contribution in [2.75, 3.05) is 0 Å². The highest BCUT2D eigenvalue weighted by atomic mass is 16.3. The summed E-state index contributed by atoms with van der Waals surface area (Å²) in [6.45, 7) is 12.4. The molecule has 3 fully saturated rings. The fraction of sp³-hybridized carbons (Fsp3) is 0.926. The molecule has 33 heavy (non-hydrogen) atoms. The topological polar surface area (TPSA) is 104 Å². The van der Waals surface area contributed by atoms with Gasteiger partial charge in [-0.25, -0.2) is 0 Å². The van der Waals surface area contributed by atoms with E-state index in [4.69, 9.17) is 5.73 Å². The maximum Gasteiger partial charge on any atom is 0.238 e. The van der Waals surface area contributed by atoms with Gasteiger partial charge in [0.1, 0.15) is 5.41 Å². The Hall–Kier alpha value is -1.14. The zero-order chi connectivity index (χ0) is 24.9. The second-order valence-corrected chi connectivity index (χ2v) is 13.5. The first-order valence-corrected chi connectivity index (χ1v) is 13.2. The van der Waals surface area contributed by atoms with Crippen LogP contribution >= 0.6 is 0 Å². The summed E-state index contributed by atoms with van der Waals surface area (Å²) in [4.78, 5) is 28.8. The third-order valence-electron chi connectivity index (χ3n) is 8.52. The van der Waals surface area contributed by atoms with Crippen molar-refractivity contribution in [3.63, 3.8) is 0 Å². The summed E-state index contributed by atoms with van der Waals surface area (Å²) in [6.07, 6.45) is 9.19. The highest BCUT2D eigenvalue weighted by Gasteiger charge is 2.64. The predicted octanol–water partition coefficient (Wildman–Crippen LogP) is 4.30. The monoisotopic (exact) mass is 464 g/mol. The first-order valence-electron chi connectivity index (χ1n) is 13.2. The van der Waals surface area contributed by atoms with Crippen LogP contribution in [0.25, 0.3) is 0 Å². The normalized spacial score (nSPS) is 26.2. The molecule has 0 aromatic rings. The number of nitrogens with two attached hydrogens (primary N) is 1. The number of carbonyl (C=O) groups is 2. The number of aliphatic hydroxyl groups is 2. The lowest BCUT2D eigenvalue weighted by Crippen LogP contribution is -2.72.